The SMILES string of the molecule is CCCC(CN)C(=O)NC(C)(C)CCO. The minimum absolute atomic E-state index is 0.00204. The fraction of sp³-hybridized carbons (Fsp3) is 0.909. The topological polar surface area (TPSA) is 75.4 Å². The molecule has 0 saturated heterocycles. The van der Waals surface area contributed by atoms with Crippen LogP contribution in [-0.4, -0.2) is 29.7 Å². The summed E-state index contributed by atoms with van der Waals surface area (Å²) in [6.07, 6.45) is 2.33. The summed E-state index contributed by atoms with van der Waals surface area (Å²) in [4.78, 5) is 11.8. The molecule has 0 fully saturated rings. The zero-order valence-electron chi connectivity index (χ0n) is 10.0. The van der Waals surface area contributed by atoms with E-state index in [1.165, 1.54) is 0 Å². The van der Waals surface area contributed by atoms with Crippen LogP contribution in [0.3, 0.4) is 0 Å². The van der Waals surface area contributed by atoms with Crippen LogP contribution in [0.15, 0.2) is 0 Å². The molecule has 0 aliphatic carbocycles. The van der Waals surface area contributed by atoms with E-state index in [0.29, 0.717) is 13.0 Å². The van der Waals surface area contributed by atoms with Crippen LogP contribution < -0.4 is 11.1 Å². The van der Waals surface area contributed by atoms with Crippen molar-refractivity contribution in [3.8, 4) is 0 Å². The lowest BCUT2D eigenvalue weighted by Crippen LogP contribution is -2.48. The molecule has 4 N–H and O–H groups in total. The predicted octanol–water partition coefficient (Wildman–Crippen LogP) is 0.639. The quantitative estimate of drug-likeness (QED) is 0.584. The van der Waals surface area contributed by atoms with Crippen molar-refractivity contribution >= 4 is 5.91 Å². The molecule has 0 heterocycles. The molecule has 1 unspecified atom stereocenters. The normalized spacial score (nSPS) is 13.7. The minimum atomic E-state index is -0.354. The molecule has 0 aliphatic heterocycles. The number of nitrogens with one attached hydrogen (secondary N) is 1. The standard InChI is InChI=1S/C11H24N2O2/c1-4-5-9(8-12)10(15)13-11(2,3)6-7-14/h9,14H,4-8,12H2,1-3H3,(H,13,15). The Hall–Kier alpha value is -0.610. The maximum Gasteiger partial charge on any atom is 0.224 e. The highest BCUT2D eigenvalue weighted by Crippen LogP contribution is 2.11. The van der Waals surface area contributed by atoms with Crippen molar-refractivity contribution in [3.63, 3.8) is 0 Å². The first kappa shape index (κ1) is 14.4. The Kier molecular flexibility index (Phi) is 6.52. The Morgan fingerprint density at radius 1 is 1.53 bits per heavy atom. The number of nitrogens with two attached hydrogens (primary N) is 1. The largest absolute Gasteiger partial charge is 0.396 e. The van der Waals surface area contributed by atoms with Gasteiger partial charge in [-0.3, -0.25) is 4.79 Å². The zero-order valence-corrected chi connectivity index (χ0v) is 10.0. The highest BCUT2D eigenvalue weighted by molar-refractivity contribution is 5.79. The lowest BCUT2D eigenvalue weighted by Gasteiger charge is -2.27. The zero-order chi connectivity index (χ0) is 11.9. The molecule has 0 aliphatic rings. The summed E-state index contributed by atoms with van der Waals surface area (Å²) >= 11 is 0. The summed E-state index contributed by atoms with van der Waals surface area (Å²) in [5, 5.41) is 11.8. The summed E-state index contributed by atoms with van der Waals surface area (Å²) < 4.78 is 0. The molecular formula is C11H24N2O2. The average molecular weight is 216 g/mol. The summed E-state index contributed by atoms with van der Waals surface area (Å²) in [7, 11) is 0. The van der Waals surface area contributed by atoms with Crippen LogP contribution in [-0.2, 0) is 4.79 Å². The number of aliphatic hydroxyl groups excluding tert-OH is 1. The van der Waals surface area contributed by atoms with Gasteiger partial charge in [0.25, 0.3) is 0 Å². The van der Waals surface area contributed by atoms with E-state index in [2.05, 4.69) is 5.32 Å². The van der Waals surface area contributed by atoms with Gasteiger partial charge in [-0.15, -0.1) is 0 Å². The van der Waals surface area contributed by atoms with Gasteiger partial charge in [0.2, 0.25) is 5.91 Å². The third-order valence-electron chi connectivity index (χ3n) is 2.49. The molecule has 1 amide bonds. The van der Waals surface area contributed by atoms with Crippen molar-refractivity contribution in [2.45, 2.75) is 45.6 Å². The molecule has 15 heavy (non-hydrogen) atoms. The number of carbonyl (C=O) groups is 1. The van der Waals surface area contributed by atoms with Crippen LogP contribution in [0.25, 0.3) is 0 Å². The number of hydrogen-bond donors (Lipinski definition) is 3. The van der Waals surface area contributed by atoms with Gasteiger partial charge in [0.05, 0.1) is 5.92 Å². The smallest absolute Gasteiger partial charge is 0.224 e. The lowest BCUT2D eigenvalue weighted by atomic mass is 9.97. The Balaban J connectivity index is 4.19. The number of aliphatic hydroxyl groups is 1. The van der Waals surface area contributed by atoms with Crippen LogP contribution >= 0.6 is 0 Å². The second-order valence-corrected chi connectivity index (χ2v) is 4.57. The Bertz CT molecular complexity index is 193. The van der Waals surface area contributed by atoms with Crippen LogP contribution in [0.1, 0.15) is 40.0 Å². The molecular weight excluding hydrogens is 192 g/mol. The molecule has 0 rings (SSSR count). The number of rotatable bonds is 7. The molecule has 0 aromatic rings. The molecule has 4 nitrogen and oxygen atoms in total. The van der Waals surface area contributed by atoms with E-state index in [4.69, 9.17) is 10.8 Å². The van der Waals surface area contributed by atoms with E-state index >= 15 is 0 Å². The van der Waals surface area contributed by atoms with Gasteiger partial charge in [-0.1, -0.05) is 13.3 Å². The van der Waals surface area contributed by atoms with Crippen LogP contribution in [0, 0.1) is 5.92 Å². The highest BCUT2D eigenvalue weighted by atomic mass is 16.3. The Morgan fingerprint density at radius 2 is 2.13 bits per heavy atom. The third kappa shape index (κ3) is 5.74. The first-order chi connectivity index (χ1) is 6.96. The monoisotopic (exact) mass is 216 g/mol. The molecule has 0 saturated carbocycles. The van der Waals surface area contributed by atoms with Crippen molar-refractivity contribution < 1.29 is 9.90 Å². The second-order valence-electron chi connectivity index (χ2n) is 4.57. The van der Waals surface area contributed by atoms with E-state index < -0.39 is 0 Å². The van der Waals surface area contributed by atoms with Crippen LogP contribution in [0.4, 0.5) is 0 Å². The maximum atomic E-state index is 11.8. The number of hydrogen-bond acceptors (Lipinski definition) is 3. The Morgan fingerprint density at radius 3 is 2.53 bits per heavy atom. The maximum absolute atomic E-state index is 11.8. The Labute approximate surface area is 92.2 Å². The molecule has 4 heteroatoms. The third-order valence-corrected chi connectivity index (χ3v) is 2.49. The lowest BCUT2D eigenvalue weighted by molar-refractivity contribution is -0.126. The van der Waals surface area contributed by atoms with Gasteiger partial charge in [-0.25, -0.2) is 0 Å². The first-order valence-corrected chi connectivity index (χ1v) is 5.59. The van der Waals surface area contributed by atoms with Gasteiger partial charge in [-0.2, -0.15) is 0 Å². The molecule has 0 aromatic carbocycles. The summed E-state index contributed by atoms with van der Waals surface area (Å²) in [5.74, 6) is -0.106. The first-order valence-electron chi connectivity index (χ1n) is 5.59. The molecule has 0 bridgehead atoms. The highest BCUT2D eigenvalue weighted by Gasteiger charge is 2.23. The predicted molar refractivity (Wildman–Crippen MR) is 61.4 cm³/mol. The van der Waals surface area contributed by atoms with Gasteiger partial charge in [0.1, 0.15) is 0 Å². The summed E-state index contributed by atoms with van der Waals surface area (Å²) in [6, 6.07) is 0. The van der Waals surface area contributed by atoms with Gasteiger partial charge in [-0.05, 0) is 26.7 Å². The molecule has 1 atom stereocenters. The van der Waals surface area contributed by atoms with Crippen LogP contribution in [0.5, 0.6) is 0 Å². The van der Waals surface area contributed by atoms with E-state index in [1.54, 1.807) is 0 Å². The number of amides is 1. The van der Waals surface area contributed by atoms with Crippen molar-refractivity contribution in [3.05, 3.63) is 0 Å². The van der Waals surface area contributed by atoms with E-state index in [0.717, 1.165) is 12.8 Å². The average Bonchev–Trinajstić information content (AvgIpc) is 2.12. The van der Waals surface area contributed by atoms with Gasteiger partial charge < -0.3 is 16.2 Å². The summed E-state index contributed by atoms with van der Waals surface area (Å²) in [5.41, 5.74) is 5.19. The fourth-order valence-electron chi connectivity index (χ4n) is 1.48. The minimum Gasteiger partial charge on any atom is -0.396 e. The van der Waals surface area contributed by atoms with E-state index in [9.17, 15) is 4.79 Å². The van der Waals surface area contributed by atoms with E-state index in [-0.39, 0.29) is 24.0 Å². The van der Waals surface area contributed by atoms with Gasteiger partial charge in [0.15, 0.2) is 0 Å². The molecule has 0 aromatic heterocycles. The molecule has 90 valence electrons. The van der Waals surface area contributed by atoms with Crippen molar-refractivity contribution in [2.75, 3.05) is 13.2 Å². The molecule has 0 radical (unpaired) electrons. The second kappa shape index (κ2) is 6.80. The van der Waals surface area contributed by atoms with Gasteiger partial charge in [0, 0.05) is 18.7 Å². The van der Waals surface area contributed by atoms with Crippen molar-refractivity contribution in [1.29, 1.82) is 0 Å². The van der Waals surface area contributed by atoms with Crippen molar-refractivity contribution in [2.24, 2.45) is 11.7 Å². The molecule has 0 spiro atoms. The van der Waals surface area contributed by atoms with E-state index in [1.807, 2.05) is 20.8 Å². The summed E-state index contributed by atoms with van der Waals surface area (Å²) in [6.45, 7) is 6.30. The van der Waals surface area contributed by atoms with Crippen LogP contribution in [0.2, 0.25) is 0 Å². The number of carbonyl (C=O) groups excluding carboxylic acids is 1. The van der Waals surface area contributed by atoms with Gasteiger partial charge >= 0.3 is 0 Å². The fourth-order valence-corrected chi connectivity index (χ4v) is 1.48. The van der Waals surface area contributed by atoms with Crippen molar-refractivity contribution in [1.82, 2.24) is 5.32 Å².